The molecule has 0 aliphatic carbocycles. The van der Waals surface area contributed by atoms with Gasteiger partial charge in [-0.3, -0.25) is 4.79 Å². The van der Waals surface area contributed by atoms with Gasteiger partial charge in [0.2, 0.25) is 5.91 Å². The first-order valence-electron chi connectivity index (χ1n) is 6.28. The first-order valence-corrected chi connectivity index (χ1v) is 6.28. The molecule has 0 aromatic heterocycles. The molecule has 1 unspecified atom stereocenters. The minimum absolute atomic E-state index is 0.144. The highest BCUT2D eigenvalue weighted by Gasteiger charge is 2.25. The number of nitrogens with zero attached hydrogens (tertiary/aromatic N) is 1. The van der Waals surface area contributed by atoms with Gasteiger partial charge < -0.3 is 14.4 Å². The van der Waals surface area contributed by atoms with E-state index in [0.717, 1.165) is 18.7 Å². The van der Waals surface area contributed by atoms with Crippen LogP contribution >= 0.6 is 0 Å². The molecule has 4 heteroatoms. The van der Waals surface area contributed by atoms with E-state index in [2.05, 4.69) is 0 Å². The van der Waals surface area contributed by atoms with Gasteiger partial charge in [0.1, 0.15) is 5.75 Å². The number of hydrogen-bond donors (Lipinski definition) is 0. The summed E-state index contributed by atoms with van der Waals surface area (Å²) in [5.41, 5.74) is 0. The standard InChI is InChI=1S/C14H19NO3/c1-17-13-7-9-15(11-13)14(16)8-10-18-12-5-3-2-4-6-12/h2-6,13H,7-11H2,1H3. The van der Waals surface area contributed by atoms with Gasteiger partial charge in [-0.25, -0.2) is 0 Å². The van der Waals surface area contributed by atoms with Crippen molar-refractivity contribution in [2.45, 2.75) is 18.9 Å². The Morgan fingerprint density at radius 3 is 2.83 bits per heavy atom. The van der Waals surface area contributed by atoms with Gasteiger partial charge in [0, 0.05) is 20.2 Å². The number of benzene rings is 1. The summed E-state index contributed by atoms with van der Waals surface area (Å²) in [5.74, 6) is 0.951. The second kappa shape index (κ2) is 6.40. The van der Waals surface area contributed by atoms with Crippen LogP contribution in [0.15, 0.2) is 30.3 Å². The van der Waals surface area contributed by atoms with Crippen molar-refractivity contribution in [3.63, 3.8) is 0 Å². The van der Waals surface area contributed by atoms with Gasteiger partial charge in [-0.05, 0) is 18.6 Å². The predicted molar refractivity (Wildman–Crippen MR) is 68.5 cm³/mol. The summed E-state index contributed by atoms with van der Waals surface area (Å²) >= 11 is 0. The van der Waals surface area contributed by atoms with Gasteiger partial charge >= 0.3 is 0 Å². The van der Waals surface area contributed by atoms with E-state index in [9.17, 15) is 4.79 Å². The monoisotopic (exact) mass is 249 g/mol. The zero-order valence-electron chi connectivity index (χ0n) is 10.7. The van der Waals surface area contributed by atoms with Crippen LogP contribution in [-0.2, 0) is 9.53 Å². The Morgan fingerprint density at radius 2 is 2.17 bits per heavy atom. The number of amides is 1. The van der Waals surface area contributed by atoms with E-state index < -0.39 is 0 Å². The lowest BCUT2D eigenvalue weighted by Gasteiger charge is -2.16. The fraction of sp³-hybridized carbons (Fsp3) is 0.500. The van der Waals surface area contributed by atoms with Crippen LogP contribution in [-0.4, -0.2) is 43.7 Å². The van der Waals surface area contributed by atoms with Crippen molar-refractivity contribution in [3.05, 3.63) is 30.3 Å². The smallest absolute Gasteiger partial charge is 0.226 e. The Labute approximate surface area is 107 Å². The number of para-hydroxylation sites is 1. The Kier molecular flexibility index (Phi) is 4.59. The Hall–Kier alpha value is -1.55. The topological polar surface area (TPSA) is 38.8 Å². The summed E-state index contributed by atoms with van der Waals surface area (Å²) in [4.78, 5) is 13.7. The van der Waals surface area contributed by atoms with Gasteiger partial charge in [0.25, 0.3) is 0 Å². The molecule has 1 aliphatic rings. The lowest BCUT2D eigenvalue weighted by atomic mass is 10.3. The Bertz CT molecular complexity index is 380. The molecule has 2 rings (SSSR count). The van der Waals surface area contributed by atoms with Crippen LogP contribution in [0.5, 0.6) is 5.75 Å². The van der Waals surface area contributed by atoms with Crippen LogP contribution in [0.1, 0.15) is 12.8 Å². The highest BCUT2D eigenvalue weighted by atomic mass is 16.5. The summed E-state index contributed by atoms with van der Waals surface area (Å²) in [6.07, 6.45) is 1.55. The van der Waals surface area contributed by atoms with E-state index in [-0.39, 0.29) is 12.0 Å². The fourth-order valence-corrected chi connectivity index (χ4v) is 2.08. The molecule has 1 amide bonds. The largest absolute Gasteiger partial charge is 0.493 e. The highest BCUT2D eigenvalue weighted by molar-refractivity contribution is 5.76. The normalized spacial score (nSPS) is 18.9. The average Bonchev–Trinajstić information content (AvgIpc) is 2.89. The first-order chi connectivity index (χ1) is 8.79. The first kappa shape index (κ1) is 12.9. The van der Waals surface area contributed by atoms with Crippen molar-refractivity contribution >= 4 is 5.91 Å². The molecule has 1 aromatic rings. The molecule has 98 valence electrons. The lowest BCUT2D eigenvalue weighted by Crippen LogP contribution is -2.30. The molecule has 18 heavy (non-hydrogen) atoms. The molecular formula is C14H19NO3. The minimum Gasteiger partial charge on any atom is -0.493 e. The van der Waals surface area contributed by atoms with Crippen molar-refractivity contribution < 1.29 is 14.3 Å². The number of carbonyl (C=O) groups excluding carboxylic acids is 1. The molecule has 1 atom stereocenters. The van der Waals surface area contributed by atoms with Crippen molar-refractivity contribution in [2.24, 2.45) is 0 Å². The molecular weight excluding hydrogens is 230 g/mol. The second-order valence-corrected chi connectivity index (χ2v) is 4.40. The lowest BCUT2D eigenvalue weighted by molar-refractivity contribution is -0.131. The van der Waals surface area contributed by atoms with Crippen molar-refractivity contribution in [3.8, 4) is 5.75 Å². The van der Waals surface area contributed by atoms with Gasteiger partial charge in [-0.1, -0.05) is 18.2 Å². The Morgan fingerprint density at radius 1 is 1.39 bits per heavy atom. The van der Waals surface area contributed by atoms with Crippen molar-refractivity contribution in [1.29, 1.82) is 0 Å². The maximum Gasteiger partial charge on any atom is 0.226 e. The molecule has 1 aliphatic heterocycles. The highest BCUT2D eigenvalue weighted by Crippen LogP contribution is 2.13. The second-order valence-electron chi connectivity index (χ2n) is 4.40. The van der Waals surface area contributed by atoms with Crippen molar-refractivity contribution in [2.75, 3.05) is 26.8 Å². The third kappa shape index (κ3) is 3.47. The van der Waals surface area contributed by atoms with E-state index in [4.69, 9.17) is 9.47 Å². The number of likely N-dealkylation sites (tertiary alicyclic amines) is 1. The predicted octanol–water partition coefficient (Wildman–Crippen LogP) is 1.70. The third-order valence-corrected chi connectivity index (χ3v) is 3.16. The van der Waals surface area contributed by atoms with E-state index in [1.807, 2.05) is 35.2 Å². The minimum atomic E-state index is 0.144. The average molecular weight is 249 g/mol. The molecule has 0 saturated carbocycles. The molecule has 0 bridgehead atoms. The number of rotatable bonds is 5. The maximum absolute atomic E-state index is 11.9. The van der Waals surface area contributed by atoms with E-state index >= 15 is 0 Å². The van der Waals surface area contributed by atoms with Crippen LogP contribution in [0.4, 0.5) is 0 Å². The van der Waals surface area contributed by atoms with E-state index in [1.165, 1.54) is 0 Å². The van der Waals surface area contributed by atoms with Crippen LogP contribution in [0.3, 0.4) is 0 Å². The molecule has 1 aromatic carbocycles. The van der Waals surface area contributed by atoms with Crippen LogP contribution in [0.25, 0.3) is 0 Å². The summed E-state index contributed by atoms with van der Waals surface area (Å²) in [7, 11) is 1.69. The van der Waals surface area contributed by atoms with E-state index in [1.54, 1.807) is 7.11 Å². The quantitative estimate of drug-likeness (QED) is 0.797. The fourth-order valence-electron chi connectivity index (χ4n) is 2.08. The summed E-state index contributed by atoms with van der Waals surface area (Å²) in [6.45, 7) is 1.93. The molecule has 0 spiro atoms. The molecule has 0 radical (unpaired) electrons. The zero-order valence-corrected chi connectivity index (χ0v) is 10.7. The molecule has 1 heterocycles. The molecule has 1 saturated heterocycles. The van der Waals surface area contributed by atoms with Crippen molar-refractivity contribution in [1.82, 2.24) is 4.90 Å². The molecule has 0 N–H and O–H groups in total. The summed E-state index contributed by atoms with van der Waals surface area (Å²) < 4.78 is 10.8. The summed E-state index contributed by atoms with van der Waals surface area (Å²) in [5, 5.41) is 0. The summed E-state index contributed by atoms with van der Waals surface area (Å²) in [6, 6.07) is 9.55. The number of methoxy groups -OCH3 is 1. The Balaban J connectivity index is 1.69. The molecule has 4 nitrogen and oxygen atoms in total. The van der Waals surface area contributed by atoms with Gasteiger partial charge in [0.15, 0.2) is 0 Å². The van der Waals surface area contributed by atoms with Gasteiger partial charge in [0.05, 0.1) is 19.1 Å². The van der Waals surface area contributed by atoms with Crippen LogP contribution in [0, 0.1) is 0 Å². The SMILES string of the molecule is COC1CCN(C(=O)CCOc2ccccc2)C1. The maximum atomic E-state index is 11.9. The molecule has 1 fully saturated rings. The number of ether oxygens (including phenoxy) is 2. The number of hydrogen-bond acceptors (Lipinski definition) is 3. The van der Waals surface area contributed by atoms with E-state index in [0.29, 0.717) is 19.6 Å². The van der Waals surface area contributed by atoms with Gasteiger partial charge in [-0.2, -0.15) is 0 Å². The zero-order chi connectivity index (χ0) is 12.8. The van der Waals surface area contributed by atoms with Crippen LogP contribution < -0.4 is 4.74 Å². The number of carbonyl (C=O) groups is 1. The third-order valence-electron chi connectivity index (χ3n) is 3.16. The van der Waals surface area contributed by atoms with Crippen LogP contribution in [0.2, 0.25) is 0 Å². The van der Waals surface area contributed by atoms with Gasteiger partial charge in [-0.15, -0.1) is 0 Å².